The topological polar surface area (TPSA) is 34.5 Å². The monoisotopic (exact) mass is 566 g/mol. The Labute approximate surface area is 244 Å². The van der Waals surface area contributed by atoms with E-state index in [0.717, 1.165) is 79.8 Å². The molecule has 0 spiro atoms. The molecule has 187 valence electrons. The second-order valence-electron chi connectivity index (χ2n) is 10.2. The van der Waals surface area contributed by atoms with Crippen LogP contribution < -0.4 is 4.74 Å². The van der Waals surface area contributed by atoms with Gasteiger partial charge in [-0.1, -0.05) is 48.0 Å². The van der Waals surface area contributed by atoms with Gasteiger partial charge in [0.2, 0.25) is 5.88 Å². The maximum atomic E-state index is 13.4. The SMILES string of the molecule is O=C(CCC1CCN(Cc2ccc(-c3[c-]cccc3)cc2)CC1)c1c2n(c3ccccc13)CCCO2.[Y]. The van der Waals surface area contributed by atoms with Crippen molar-refractivity contribution in [3.63, 3.8) is 0 Å². The molecule has 5 heteroatoms. The van der Waals surface area contributed by atoms with Crippen LogP contribution in [0.25, 0.3) is 22.0 Å². The van der Waals surface area contributed by atoms with Crippen LogP contribution in [-0.2, 0) is 45.8 Å². The summed E-state index contributed by atoms with van der Waals surface area (Å²) in [7, 11) is 0. The normalized spacial score (nSPS) is 16.1. The number of hydrogen-bond donors (Lipinski definition) is 0. The van der Waals surface area contributed by atoms with E-state index in [2.05, 4.69) is 64.1 Å². The Morgan fingerprint density at radius 2 is 1.73 bits per heavy atom. The van der Waals surface area contributed by atoms with Crippen LogP contribution in [-0.4, -0.2) is 34.9 Å². The first kappa shape index (κ1) is 26.3. The molecule has 0 unspecified atom stereocenters. The van der Waals surface area contributed by atoms with Gasteiger partial charge in [0, 0.05) is 57.6 Å². The number of ether oxygens (including phenoxy) is 1. The summed E-state index contributed by atoms with van der Waals surface area (Å²) >= 11 is 0. The molecule has 3 heterocycles. The van der Waals surface area contributed by atoms with Crippen LogP contribution in [0.4, 0.5) is 0 Å². The molecule has 1 radical (unpaired) electrons. The van der Waals surface area contributed by atoms with Gasteiger partial charge in [-0.3, -0.25) is 9.69 Å². The number of rotatable bonds is 7. The molecular weight excluding hydrogens is 533 g/mol. The number of piperidine rings is 1. The van der Waals surface area contributed by atoms with E-state index < -0.39 is 0 Å². The third-order valence-electron chi connectivity index (χ3n) is 7.83. The average Bonchev–Trinajstić information content (AvgIpc) is 3.28. The minimum absolute atomic E-state index is 0. The van der Waals surface area contributed by atoms with Crippen molar-refractivity contribution in [2.45, 2.75) is 45.2 Å². The summed E-state index contributed by atoms with van der Waals surface area (Å²) in [6, 6.07) is 28.6. The summed E-state index contributed by atoms with van der Waals surface area (Å²) in [6.45, 7) is 4.81. The number of Topliss-reactive ketones (excluding diaryl/α,β-unsaturated/α-hetero) is 1. The van der Waals surface area contributed by atoms with Crippen molar-refractivity contribution >= 4 is 16.7 Å². The molecule has 2 aliphatic rings. The zero-order valence-electron chi connectivity index (χ0n) is 21.4. The zero-order valence-corrected chi connectivity index (χ0v) is 24.2. The first-order valence-electron chi connectivity index (χ1n) is 13.3. The Kier molecular flexibility index (Phi) is 8.59. The minimum Gasteiger partial charge on any atom is -0.478 e. The third kappa shape index (κ3) is 5.77. The molecule has 0 aliphatic carbocycles. The molecule has 0 atom stereocenters. The van der Waals surface area contributed by atoms with E-state index in [0.29, 0.717) is 18.9 Å². The largest absolute Gasteiger partial charge is 0.478 e. The van der Waals surface area contributed by atoms with Gasteiger partial charge in [-0.05, 0) is 56.3 Å². The van der Waals surface area contributed by atoms with Gasteiger partial charge in [0.15, 0.2) is 5.78 Å². The van der Waals surface area contributed by atoms with Crippen LogP contribution in [0, 0.1) is 12.0 Å². The third-order valence-corrected chi connectivity index (χ3v) is 7.83. The standard InChI is InChI=1S/C32H33N2O2.Y/c35-30(31-28-9-4-5-10-29(28)34-19-6-22-36-32(31)34)16-13-24-17-20-33(21-18-24)23-25-11-14-27(15-12-25)26-7-2-1-3-8-26;/h1-5,7,9-12,14-15,24H,6,13,16-23H2;/q-1;. The summed E-state index contributed by atoms with van der Waals surface area (Å²) in [6.07, 6.45) is 4.89. The van der Waals surface area contributed by atoms with Crippen molar-refractivity contribution in [1.29, 1.82) is 0 Å². The molecule has 6 rings (SSSR count). The van der Waals surface area contributed by atoms with E-state index in [4.69, 9.17) is 4.74 Å². The van der Waals surface area contributed by atoms with Gasteiger partial charge in [0.05, 0.1) is 17.7 Å². The van der Waals surface area contributed by atoms with Gasteiger partial charge in [-0.15, -0.1) is 35.9 Å². The fourth-order valence-corrected chi connectivity index (χ4v) is 5.83. The summed E-state index contributed by atoms with van der Waals surface area (Å²) in [4.78, 5) is 15.9. The fourth-order valence-electron chi connectivity index (χ4n) is 5.83. The predicted octanol–water partition coefficient (Wildman–Crippen LogP) is 6.76. The Morgan fingerprint density at radius 1 is 0.946 bits per heavy atom. The quantitative estimate of drug-likeness (QED) is 0.183. The van der Waals surface area contributed by atoms with E-state index in [1.54, 1.807) is 0 Å². The number of hydrogen-bond acceptors (Lipinski definition) is 3. The number of carbonyl (C=O) groups is 1. The van der Waals surface area contributed by atoms with Crippen molar-refractivity contribution < 1.29 is 42.2 Å². The molecule has 1 fully saturated rings. The number of likely N-dealkylation sites (tertiary alicyclic amines) is 1. The molecule has 2 aliphatic heterocycles. The number of benzene rings is 3. The molecule has 4 nitrogen and oxygen atoms in total. The number of fused-ring (bicyclic) bond motifs is 3. The van der Waals surface area contributed by atoms with Gasteiger partial charge < -0.3 is 9.30 Å². The maximum absolute atomic E-state index is 13.4. The summed E-state index contributed by atoms with van der Waals surface area (Å²) in [5.74, 6) is 1.64. The summed E-state index contributed by atoms with van der Waals surface area (Å²) < 4.78 is 8.18. The van der Waals surface area contributed by atoms with Gasteiger partial charge in [0.25, 0.3) is 0 Å². The van der Waals surface area contributed by atoms with Crippen LogP contribution >= 0.6 is 0 Å². The number of ketones is 1. The number of para-hydroxylation sites is 1. The molecule has 3 aromatic carbocycles. The Hall–Kier alpha value is -2.27. The molecule has 37 heavy (non-hydrogen) atoms. The maximum Gasteiger partial charge on any atom is 0.205 e. The smallest absolute Gasteiger partial charge is 0.205 e. The van der Waals surface area contributed by atoms with E-state index in [1.807, 2.05) is 24.3 Å². The van der Waals surface area contributed by atoms with Gasteiger partial charge in [-0.25, -0.2) is 0 Å². The first-order chi connectivity index (χ1) is 17.8. The van der Waals surface area contributed by atoms with E-state index in [1.165, 1.54) is 11.1 Å². The molecule has 0 N–H and O–H groups in total. The van der Waals surface area contributed by atoms with Crippen molar-refractivity contribution in [2.75, 3.05) is 19.7 Å². The van der Waals surface area contributed by atoms with Crippen molar-refractivity contribution in [1.82, 2.24) is 9.47 Å². The van der Waals surface area contributed by atoms with Crippen LogP contribution in [0.15, 0.2) is 72.8 Å². The van der Waals surface area contributed by atoms with Crippen LogP contribution in [0.3, 0.4) is 0 Å². The molecule has 0 amide bonds. The fraction of sp³-hybridized carbons (Fsp3) is 0.344. The number of nitrogens with zero attached hydrogens (tertiary/aromatic N) is 2. The summed E-state index contributed by atoms with van der Waals surface area (Å²) in [5.41, 5.74) is 5.64. The van der Waals surface area contributed by atoms with Crippen molar-refractivity contribution in [2.24, 2.45) is 5.92 Å². The minimum atomic E-state index is 0. The van der Waals surface area contributed by atoms with Crippen molar-refractivity contribution in [3.05, 3.63) is 90.0 Å². The zero-order chi connectivity index (χ0) is 24.3. The Morgan fingerprint density at radius 3 is 2.51 bits per heavy atom. The van der Waals surface area contributed by atoms with E-state index in [9.17, 15) is 4.79 Å². The Balaban J connectivity index is 0.00000280. The van der Waals surface area contributed by atoms with Crippen LogP contribution in [0.5, 0.6) is 5.88 Å². The van der Waals surface area contributed by atoms with Crippen LogP contribution in [0.2, 0.25) is 0 Å². The summed E-state index contributed by atoms with van der Waals surface area (Å²) in [5, 5.41) is 1.05. The first-order valence-corrected chi connectivity index (χ1v) is 13.3. The molecule has 0 bridgehead atoms. The predicted molar refractivity (Wildman–Crippen MR) is 144 cm³/mol. The molecule has 1 aromatic heterocycles. The number of aromatic nitrogens is 1. The van der Waals surface area contributed by atoms with Gasteiger partial charge in [0.1, 0.15) is 0 Å². The van der Waals surface area contributed by atoms with Gasteiger partial charge >= 0.3 is 0 Å². The van der Waals surface area contributed by atoms with E-state index >= 15 is 0 Å². The van der Waals surface area contributed by atoms with Gasteiger partial charge in [-0.2, -0.15) is 0 Å². The van der Waals surface area contributed by atoms with Crippen LogP contribution in [0.1, 0.15) is 48.0 Å². The second kappa shape index (κ2) is 12.1. The molecular formula is C32H33N2O2Y-. The van der Waals surface area contributed by atoms with E-state index in [-0.39, 0.29) is 38.5 Å². The molecule has 1 saturated heterocycles. The van der Waals surface area contributed by atoms with Crippen molar-refractivity contribution in [3.8, 4) is 17.0 Å². The molecule has 4 aromatic rings. The second-order valence-corrected chi connectivity index (χ2v) is 10.2. The molecule has 0 saturated carbocycles. The average molecular weight is 567 g/mol. The number of aryl methyl sites for hydroxylation is 1. The number of carbonyl (C=O) groups excluding carboxylic acids is 1. The Bertz CT molecular complexity index is 1340.